The summed E-state index contributed by atoms with van der Waals surface area (Å²) in [6, 6.07) is 7.91. The molecular formula is C15H15ClN2O2S. The normalized spacial score (nSPS) is 14.9. The fourth-order valence-corrected chi connectivity index (χ4v) is 3.34. The fourth-order valence-electron chi connectivity index (χ4n) is 2.26. The minimum Gasteiger partial charge on any atom is -0.482 e. The summed E-state index contributed by atoms with van der Waals surface area (Å²) in [5.74, 6) is 0.479. The van der Waals surface area contributed by atoms with Crippen molar-refractivity contribution in [2.75, 3.05) is 17.2 Å². The lowest BCUT2D eigenvalue weighted by atomic mass is 10.1. The largest absolute Gasteiger partial charge is 0.482 e. The molecule has 0 radical (unpaired) electrons. The van der Waals surface area contributed by atoms with Crippen LogP contribution in [0.4, 0.5) is 11.4 Å². The van der Waals surface area contributed by atoms with E-state index in [9.17, 15) is 4.79 Å². The van der Waals surface area contributed by atoms with Gasteiger partial charge in [0.05, 0.1) is 22.4 Å². The zero-order chi connectivity index (χ0) is 14.8. The van der Waals surface area contributed by atoms with Crippen LogP contribution in [-0.2, 0) is 4.79 Å². The molecule has 110 valence electrons. The molecule has 1 unspecified atom stereocenters. The molecule has 1 amide bonds. The van der Waals surface area contributed by atoms with Gasteiger partial charge in [0.1, 0.15) is 5.75 Å². The summed E-state index contributed by atoms with van der Waals surface area (Å²) >= 11 is 8.02. The molecule has 21 heavy (non-hydrogen) atoms. The number of ether oxygens (including phenoxy) is 1. The molecule has 3 rings (SSSR count). The van der Waals surface area contributed by atoms with E-state index in [1.54, 1.807) is 17.4 Å². The van der Waals surface area contributed by atoms with E-state index in [1.165, 1.54) is 4.88 Å². The Balaban J connectivity index is 1.87. The Morgan fingerprint density at radius 3 is 3.10 bits per heavy atom. The summed E-state index contributed by atoms with van der Waals surface area (Å²) in [5, 5.41) is 8.82. The molecule has 0 aliphatic carbocycles. The van der Waals surface area contributed by atoms with Crippen LogP contribution in [0.3, 0.4) is 0 Å². The molecule has 0 saturated heterocycles. The summed E-state index contributed by atoms with van der Waals surface area (Å²) in [6.45, 7) is 2.16. The van der Waals surface area contributed by atoms with Crippen LogP contribution < -0.4 is 15.4 Å². The van der Waals surface area contributed by atoms with Crippen LogP contribution in [0.15, 0.2) is 29.6 Å². The molecule has 2 aromatic rings. The van der Waals surface area contributed by atoms with Crippen LogP contribution in [0.25, 0.3) is 0 Å². The first-order chi connectivity index (χ1) is 10.2. The molecule has 4 nitrogen and oxygen atoms in total. The van der Waals surface area contributed by atoms with E-state index < -0.39 is 0 Å². The number of benzene rings is 1. The van der Waals surface area contributed by atoms with Crippen molar-refractivity contribution < 1.29 is 9.53 Å². The Labute approximate surface area is 132 Å². The van der Waals surface area contributed by atoms with Crippen molar-refractivity contribution in [2.24, 2.45) is 0 Å². The summed E-state index contributed by atoms with van der Waals surface area (Å²) < 4.78 is 5.43. The number of carbonyl (C=O) groups excluding carboxylic acids is 1. The van der Waals surface area contributed by atoms with Crippen molar-refractivity contribution in [1.82, 2.24) is 0 Å². The van der Waals surface area contributed by atoms with E-state index in [4.69, 9.17) is 16.3 Å². The maximum atomic E-state index is 11.3. The van der Waals surface area contributed by atoms with Crippen molar-refractivity contribution >= 4 is 40.2 Å². The molecule has 1 aromatic heterocycles. The summed E-state index contributed by atoms with van der Waals surface area (Å²) in [6.07, 6.45) is 0.950. The zero-order valence-corrected chi connectivity index (χ0v) is 13.1. The highest BCUT2D eigenvalue weighted by Crippen LogP contribution is 2.38. The van der Waals surface area contributed by atoms with Crippen LogP contribution in [-0.4, -0.2) is 12.5 Å². The molecule has 0 spiro atoms. The number of anilines is 2. The average molecular weight is 323 g/mol. The van der Waals surface area contributed by atoms with Crippen LogP contribution in [0.1, 0.15) is 24.3 Å². The maximum Gasteiger partial charge on any atom is 0.262 e. The lowest BCUT2D eigenvalue weighted by molar-refractivity contribution is -0.118. The molecule has 6 heteroatoms. The van der Waals surface area contributed by atoms with Crippen LogP contribution >= 0.6 is 22.9 Å². The fraction of sp³-hybridized carbons (Fsp3) is 0.267. The van der Waals surface area contributed by atoms with E-state index in [0.29, 0.717) is 16.5 Å². The minimum absolute atomic E-state index is 0.0379. The average Bonchev–Trinajstić information content (AvgIpc) is 2.99. The van der Waals surface area contributed by atoms with E-state index in [0.717, 1.165) is 12.1 Å². The van der Waals surface area contributed by atoms with Gasteiger partial charge in [0, 0.05) is 10.9 Å². The molecule has 1 aliphatic heterocycles. The van der Waals surface area contributed by atoms with Gasteiger partial charge in [0.2, 0.25) is 0 Å². The number of carbonyl (C=O) groups is 1. The van der Waals surface area contributed by atoms with E-state index in [-0.39, 0.29) is 18.6 Å². The molecule has 2 heterocycles. The first kappa shape index (κ1) is 14.2. The van der Waals surface area contributed by atoms with Crippen molar-refractivity contribution in [3.63, 3.8) is 0 Å². The highest BCUT2D eigenvalue weighted by Gasteiger charge is 2.19. The number of rotatable bonds is 4. The van der Waals surface area contributed by atoms with Gasteiger partial charge in [-0.2, -0.15) is 0 Å². The lowest BCUT2D eigenvalue weighted by Gasteiger charge is -2.22. The third-order valence-electron chi connectivity index (χ3n) is 3.33. The first-order valence-corrected chi connectivity index (χ1v) is 7.99. The number of hydrogen-bond acceptors (Lipinski definition) is 4. The Hall–Kier alpha value is -1.72. The highest BCUT2D eigenvalue weighted by molar-refractivity contribution is 7.10. The van der Waals surface area contributed by atoms with Gasteiger partial charge in [0.25, 0.3) is 5.91 Å². The highest BCUT2D eigenvalue weighted by atomic mass is 35.5. The van der Waals surface area contributed by atoms with Crippen molar-refractivity contribution in [3.8, 4) is 5.75 Å². The molecule has 1 aliphatic rings. The van der Waals surface area contributed by atoms with Gasteiger partial charge in [-0.1, -0.05) is 24.6 Å². The van der Waals surface area contributed by atoms with Crippen LogP contribution in [0, 0.1) is 0 Å². The number of thiophene rings is 1. The summed E-state index contributed by atoms with van der Waals surface area (Å²) in [7, 11) is 0. The smallest absolute Gasteiger partial charge is 0.262 e. The second-order valence-electron chi connectivity index (χ2n) is 4.79. The van der Waals surface area contributed by atoms with Gasteiger partial charge in [0.15, 0.2) is 6.61 Å². The Morgan fingerprint density at radius 1 is 1.52 bits per heavy atom. The molecular weight excluding hydrogens is 308 g/mol. The molecule has 1 atom stereocenters. The first-order valence-electron chi connectivity index (χ1n) is 6.73. The predicted octanol–water partition coefficient (Wildman–Crippen LogP) is 4.30. The number of amides is 1. The quantitative estimate of drug-likeness (QED) is 0.882. The predicted molar refractivity (Wildman–Crippen MR) is 86.6 cm³/mol. The van der Waals surface area contributed by atoms with Gasteiger partial charge >= 0.3 is 0 Å². The SMILES string of the molecule is CCC(Nc1cc2c(cc1Cl)NC(=O)CO2)c1cccs1. The second-order valence-corrected chi connectivity index (χ2v) is 6.17. The van der Waals surface area contributed by atoms with Gasteiger partial charge < -0.3 is 15.4 Å². The van der Waals surface area contributed by atoms with Crippen LogP contribution in [0.2, 0.25) is 5.02 Å². The van der Waals surface area contributed by atoms with Gasteiger partial charge in [-0.25, -0.2) is 0 Å². The second kappa shape index (κ2) is 5.95. The zero-order valence-electron chi connectivity index (χ0n) is 11.5. The third-order valence-corrected chi connectivity index (χ3v) is 4.63. The summed E-state index contributed by atoms with van der Waals surface area (Å²) in [4.78, 5) is 12.6. The number of fused-ring (bicyclic) bond motifs is 1. The number of nitrogens with one attached hydrogen (secondary N) is 2. The van der Waals surface area contributed by atoms with Crippen molar-refractivity contribution in [2.45, 2.75) is 19.4 Å². The van der Waals surface area contributed by atoms with Crippen LogP contribution in [0.5, 0.6) is 5.75 Å². The van der Waals surface area contributed by atoms with Crippen molar-refractivity contribution in [1.29, 1.82) is 0 Å². The molecule has 0 fully saturated rings. The number of hydrogen-bond donors (Lipinski definition) is 2. The molecule has 2 N–H and O–H groups in total. The Kier molecular flexibility index (Phi) is 4.03. The van der Waals surface area contributed by atoms with Gasteiger partial charge in [-0.05, 0) is 23.9 Å². The van der Waals surface area contributed by atoms with Gasteiger partial charge in [-0.15, -0.1) is 11.3 Å². The Bertz CT molecular complexity index is 658. The monoisotopic (exact) mass is 322 g/mol. The standard InChI is InChI=1S/C15H15ClN2O2S/c1-2-10(14-4-3-5-21-14)17-11-7-13-12(6-9(11)16)18-15(19)8-20-13/h3-7,10,17H,2,8H2,1H3,(H,18,19). The van der Waals surface area contributed by atoms with Gasteiger partial charge in [-0.3, -0.25) is 4.79 Å². The Morgan fingerprint density at radius 2 is 2.38 bits per heavy atom. The number of halogens is 1. The van der Waals surface area contributed by atoms with E-state index >= 15 is 0 Å². The van der Waals surface area contributed by atoms with E-state index in [1.807, 2.05) is 12.1 Å². The van der Waals surface area contributed by atoms with Crippen molar-refractivity contribution in [3.05, 3.63) is 39.5 Å². The topological polar surface area (TPSA) is 50.4 Å². The minimum atomic E-state index is -0.163. The lowest BCUT2D eigenvalue weighted by Crippen LogP contribution is -2.25. The summed E-state index contributed by atoms with van der Waals surface area (Å²) in [5.41, 5.74) is 1.43. The van der Waals surface area contributed by atoms with E-state index in [2.05, 4.69) is 29.0 Å². The molecule has 0 saturated carbocycles. The molecule has 0 bridgehead atoms. The maximum absolute atomic E-state index is 11.3. The molecule has 1 aromatic carbocycles. The third kappa shape index (κ3) is 2.99.